The molecule has 7 heteroatoms. The summed E-state index contributed by atoms with van der Waals surface area (Å²) in [6, 6.07) is 23.1. The van der Waals surface area contributed by atoms with Crippen LogP contribution in [0.4, 0.5) is 0 Å². The molecule has 174 valence electrons. The molecule has 0 atom stereocenters. The van der Waals surface area contributed by atoms with Crippen molar-refractivity contribution in [2.24, 2.45) is 0 Å². The lowest BCUT2D eigenvalue weighted by atomic mass is 10.1. The maximum absolute atomic E-state index is 12.3. The van der Waals surface area contributed by atoms with E-state index in [4.69, 9.17) is 14.2 Å². The highest BCUT2D eigenvalue weighted by Gasteiger charge is 2.13. The molecular formula is C28H24N3O4+. The van der Waals surface area contributed by atoms with Gasteiger partial charge in [0.1, 0.15) is 30.4 Å². The normalized spacial score (nSPS) is 10.8. The van der Waals surface area contributed by atoms with Gasteiger partial charge in [-0.2, -0.15) is 9.36 Å². The van der Waals surface area contributed by atoms with E-state index in [0.29, 0.717) is 29.5 Å². The van der Waals surface area contributed by atoms with Crippen LogP contribution in [0.1, 0.15) is 5.56 Å². The van der Waals surface area contributed by atoms with Crippen LogP contribution in [0.2, 0.25) is 0 Å². The number of hydrogen-bond donors (Lipinski definition) is 1. The summed E-state index contributed by atoms with van der Waals surface area (Å²) < 4.78 is 18.7. The Kier molecular flexibility index (Phi) is 6.13. The Morgan fingerprint density at radius 2 is 1.60 bits per heavy atom. The largest absolute Gasteiger partial charge is 0.495 e. The number of ether oxygens (including phenoxy) is 3. The Hall–Kier alpha value is -4.65. The fraction of sp³-hybridized carbons (Fsp3) is 0.107. The fourth-order valence-electron chi connectivity index (χ4n) is 3.92. The molecular weight excluding hydrogens is 442 g/mol. The molecule has 3 aromatic carbocycles. The van der Waals surface area contributed by atoms with E-state index < -0.39 is 0 Å². The standard InChI is InChI=1S/C28H23N3O4/c1-33-26-14-23-24(15-27(26)34-2)29-13-12-25(23)35-22-10-8-20(9-11-22)21-16-30-28(32)31(18-21)17-19-6-4-3-5-7-19/h3-16,18H,17H2,1-2H3/p+1. The van der Waals surface area contributed by atoms with Crippen LogP contribution in [0.25, 0.3) is 22.0 Å². The van der Waals surface area contributed by atoms with Crippen LogP contribution in [0.3, 0.4) is 0 Å². The lowest BCUT2D eigenvalue weighted by molar-refractivity contribution is -0.705. The Balaban J connectivity index is 1.41. The van der Waals surface area contributed by atoms with Gasteiger partial charge in [0, 0.05) is 17.6 Å². The number of benzene rings is 3. The van der Waals surface area contributed by atoms with Gasteiger partial charge in [-0.25, -0.2) is 4.98 Å². The number of hydrogen-bond acceptors (Lipinski definition) is 5. The van der Waals surface area contributed by atoms with Gasteiger partial charge in [0.2, 0.25) is 0 Å². The van der Waals surface area contributed by atoms with Crippen molar-refractivity contribution in [3.05, 3.63) is 107 Å². The third-order valence-electron chi connectivity index (χ3n) is 5.72. The number of nitrogens with zero attached hydrogens (tertiary/aromatic N) is 2. The monoisotopic (exact) mass is 466 g/mol. The molecule has 0 saturated carbocycles. The second-order valence-corrected chi connectivity index (χ2v) is 7.95. The first-order valence-corrected chi connectivity index (χ1v) is 11.1. The van der Waals surface area contributed by atoms with E-state index in [9.17, 15) is 4.79 Å². The van der Waals surface area contributed by atoms with Crippen LogP contribution in [0.5, 0.6) is 23.0 Å². The maximum atomic E-state index is 12.3. The van der Waals surface area contributed by atoms with Crippen LogP contribution in [0.15, 0.2) is 96.2 Å². The van der Waals surface area contributed by atoms with Gasteiger partial charge in [0.15, 0.2) is 11.5 Å². The van der Waals surface area contributed by atoms with Gasteiger partial charge in [-0.05, 0) is 35.4 Å². The first-order chi connectivity index (χ1) is 17.1. The Labute approximate surface area is 202 Å². The summed E-state index contributed by atoms with van der Waals surface area (Å²) in [5.74, 6) is 2.56. The molecule has 1 N–H and O–H groups in total. The number of aromatic amines is 1. The first kappa shape index (κ1) is 22.2. The molecule has 0 unspecified atom stereocenters. The lowest BCUT2D eigenvalue weighted by Gasteiger charge is -2.12. The van der Waals surface area contributed by atoms with E-state index in [1.807, 2.05) is 79.0 Å². The molecule has 0 bridgehead atoms. The van der Waals surface area contributed by atoms with Crippen LogP contribution >= 0.6 is 0 Å². The molecule has 7 nitrogen and oxygen atoms in total. The fourth-order valence-corrected chi connectivity index (χ4v) is 3.92. The van der Waals surface area contributed by atoms with E-state index in [1.165, 1.54) is 0 Å². The molecule has 35 heavy (non-hydrogen) atoms. The van der Waals surface area contributed by atoms with Gasteiger partial charge in [0.25, 0.3) is 0 Å². The van der Waals surface area contributed by atoms with Crippen molar-refractivity contribution >= 4 is 10.9 Å². The Morgan fingerprint density at radius 3 is 2.34 bits per heavy atom. The van der Waals surface area contributed by atoms with E-state index in [0.717, 1.165) is 27.6 Å². The van der Waals surface area contributed by atoms with Crippen LogP contribution in [-0.4, -0.2) is 24.2 Å². The van der Waals surface area contributed by atoms with Crippen LogP contribution < -0.4 is 24.5 Å². The minimum atomic E-state index is -0.158. The number of aromatic nitrogens is 3. The van der Waals surface area contributed by atoms with Crippen molar-refractivity contribution in [1.29, 1.82) is 0 Å². The average molecular weight is 467 g/mol. The molecule has 0 aliphatic rings. The van der Waals surface area contributed by atoms with Gasteiger partial charge in [-0.15, -0.1) is 0 Å². The summed E-state index contributed by atoms with van der Waals surface area (Å²) in [5.41, 5.74) is 3.50. The van der Waals surface area contributed by atoms with Crippen molar-refractivity contribution in [2.75, 3.05) is 14.2 Å². The van der Waals surface area contributed by atoms with Gasteiger partial charge < -0.3 is 14.2 Å². The molecule has 0 aliphatic heterocycles. The molecule has 5 rings (SSSR count). The summed E-state index contributed by atoms with van der Waals surface area (Å²) in [6.45, 7) is 0.495. The molecule has 0 radical (unpaired) electrons. The number of fused-ring (bicyclic) bond motifs is 1. The first-order valence-electron chi connectivity index (χ1n) is 11.1. The predicted molar refractivity (Wildman–Crippen MR) is 133 cm³/mol. The zero-order valence-electron chi connectivity index (χ0n) is 19.4. The minimum absolute atomic E-state index is 0.158. The predicted octanol–water partition coefficient (Wildman–Crippen LogP) is 4.74. The Bertz CT molecular complexity index is 1530. The summed E-state index contributed by atoms with van der Waals surface area (Å²) >= 11 is 0. The van der Waals surface area contributed by atoms with E-state index in [2.05, 4.69) is 9.97 Å². The third-order valence-corrected chi connectivity index (χ3v) is 5.72. The molecule has 5 aromatic rings. The van der Waals surface area contributed by atoms with Gasteiger partial charge in [0.05, 0.1) is 25.3 Å². The van der Waals surface area contributed by atoms with E-state index in [1.54, 1.807) is 31.2 Å². The zero-order chi connectivity index (χ0) is 24.2. The number of H-pyrrole nitrogens is 1. The number of rotatable bonds is 7. The highest BCUT2D eigenvalue weighted by atomic mass is 16.5. The Morgan fingerprint density at radius 1 is 0.857 bits per heavy atom. The van der Waals surface area contributed by atoms with Crippen molar-refractivity contribution in [1.82, 2.24) is 9.97 Å². The van der Waals surface area contributed by atoms with Crippen molar-refractivity contribution < 1.29 is 18.8 Å². The summed E-state index contributed by atoms with van der Waals surface area (Å²) in [7, 11) is 3.19. The average Bonchev–Trinajstić information content (AvgIpc) is 2.90. The summed E-state index contributed by atoms with van der Waals surface area (Å²) in [4.78, 5) is 19.6. The highest BCUT2D eigenvalue weighted by Crippen LogP contribution is 2.37. The summed E-state index contributed by atoms with van der Waals surface area (Å²) in [6.07, 6.45) is 5.28. The number of nitrogens with one attached hydrogen (secondary N) is 1. The summed E-state index contributed by atoms with van der Waals surface area (Å²) in [5, 5.41) is 0.816. The quantitative estimate of drug-likeness (QED) is 0.351. The molecule has 0 fully saturated rings. The highest BCUT2D eigenvalue weighted by molar-refractivity contribution is 5.88. The van der Waals surface area contributed by atoms with Crippen molar-refractivity contribution in [2.45, 2.75) is 6.54 Å². The smallest absolute Gasteiger partial charge is 0.493 e. The topological polar surface area (TPSA) is 77.3 Å². The van der Waals surface area contributed by atoms with E-state index >= 15 is 0 Å². The van der Waals surface area contributed by atoms with Gasteiger partial charge in [-0.1, -0.05) is 42.5 Å². The van der Waals surface area contributed by atoms with Crippen molar-refractivity contribution in [3.63, 3.8) is 0 Å². The molecule has 0 amide bonds. The molecule has 2 aromatic heterocycles. The molecule has 0 saturated heterocycles. The third kappa shape index (κ3) is 4.70. The van der Waals surface area contributed by atoms with E-state index in [-0.39, 0.29) is 5.69 Å². The second-order valence-electron chi connectivity index (χ2n) is 7.95. The lowest BCUT2D eigenvalue weighted by Crippen LogP contribution is -2.51. The van der Waals surface area contributed by atoms with Gasteiger partial charge in [-0.3, -0.25) is 4.98 Å². The van der Waals surface area contributed by atoms with Crippen LogP contribution in [0, 0.1) is 0 Å². The SMILES string of the molecule is COc1cc2nccc(Oc3ccc(-c4c[nH]c(=O)[n+](Cc5ccccc5)c4)cc3)c2cc1OC. The maximum Gasteiger partial charge on any atom is 0.495 e. The zero-order valence-corrected chi connectivity index (χ0v) is 19.4. The number of pyridine rings is 1. The number of methoxy groups -OCH3 is 2. The minimum Gasteiger partial charge on any atom is -0.493 e. The van der Waals surface area contributed by atoms with Crippen LogP contribution in [-0.2, 0) is 6.54 Å². The molecule has 0 aliphatic carbocycles. The van der Waals surface area contributed by atoms with Crippen molar-refractivity contribution in [3.8, 4) is 34.1 Å². The second kappa shape index (κ2) is 9.69. The van der Waals surface area contributed by atoms with Gasteiger partial charge >= 0.3 is 5.69 Å². The molecule has 0 spiro atoms. The molecule has 2 heterocycles.